The summed E-state index contributed by atoms with van der Waals surface area (Å²) in [7, 11) is 0. The van der Waals surface area contributed by atoms with E-state index in [4.69, 9.17) is 9.47 Å². The Morgan fingerprint density at radius 3 is 2.69 bits per heavy atom. The molecular weight excluding hydrogens is 464 g/mol. The standard InChI is InChI=1S/C26H22N4O6/c1-16(25(33)28-18-8-9-21-22(11-18)36-15-35-21)29(13-17-5-4-10-27-12-17)23(31)14-30-20-7-3-2-6-19(20)24(32)26(30)34/h2-12,16H,13-15H2,1H3,(H,28,33)/t16-/m0/s1. The lowest BCUT2D eigenvalue weighted by Gasteiger charge is -2.30. The Balaban J connectivity index is 1.37. The molecule has 0 saturated carbocycles. The first kappa shape index (κ1) is 23.0. The molecule has 10 nitrogen and oxygen atoms in total. The van der Waals surface area contributed by atoms with Crippen LogP contribution in [0, 0.1) is 0 Å². The van der Waals surface area contributed by atoms with Crippen LogP contribution in [0.15, 0.2) is 67.0 Å². The summed E-state index contributed by atoms with van der Waals surface area (Å²) in [5, 5.41) is 2.80. The topological polar surface area (TPSA) is 118 Å². The van der Waals surface area contributed by atoms with Crippen LogP contribution in [0.1, 0.15) is 22.8 Å². The molecule has 3 amide bonds. The van der Waals surface area contributed by atoms with Crippen LogP contribution < -0.4 is 19.7 Å². The van der Waals surface area contributed by atoms with E-state index in [0.29, 0.717) is 28.4 Å². The highest BCUT2D eigenvalue weighted by molar-refractivity contribution is 6.52. The van der Waals surface area contributed by atoms with Gasteiger partial charge in [0.05, 0.1) is 11.3 Å². The van der Waals surface area contributed by atoms with Crippen molar-refractivity contribution in [2.75, 3.05) is 23.6 Å². The van der Waals surface area contributed by atoms with Crippen molar-refractivity contribution < 1.29 is 28.7 Å². The smallest absolute Gasteiger partial charge is 0.299 e. The van der Waals surface area contributed by atoms with Crippen LogP contribution >= 0.6 is 0 Å². The Hall–Kier alpha value is -4.73. The first-order valence-corrected chi connectivity index (χ1v) is 11.3. The lowest BCUT2D eigenvalue weighted by Crippen LogP contribution is -2.49. The van der Waals surface area contributed by atoms with E-state index >= 15 is 0 Å². The molecule has 1 aromatic heterocycles. The predicted octanol–water partition coefficient (Wildman–Crippen LogP) is 2.40. The molecule has 3 heterocycles. The molecule has 0 radical (unpaired) electrons. The number of rotatable bonds is 7. The van der Waals surface area contributed by atoms with E-state index < -0.39 is 29.5 Å². The van der Waals surface area contributed by atoms with Crippen molar-refractivity contribution in [1.29, 1.82) is 0 Å². The van der Waals surface area contributed by atoms with Gasteiger partial charge in [0, 0.05) is 30.7 Å². The van der Waals surface area contributed by atoms with Crippen LogP contribution in [0.4, 0.5) is 11.4 Å². The molecule has 0 unspecified atom stereocenters. The molecular formula is C26H22N4O6. The van der Waals surface area contributed by atoms with E-state index in [1.54, 1.807) is 73.9 Å². The summed E-state index contributed by atoms with van der Waals surface area (Å²) in [5.74, 6) is -1.27. The number of hydrogen-bond donors (Lipinski definition) is 1. The highest BCUT2D eigenvalue weighted by atomic mass is 16.7. The van der Waals surface area contributed by atoms with Gasteiger partial charge < -0.3 is 19.7 Å². The Morgan fingerprint density at radius 2 is 1.89 bits per heavy atom. The second-order valence-electron chi connectivity index (χ2n) is 8.35. The molecule has 0 saturated heterocycles. The number of ketones is 1. The molecule has 36 heavy (non-hydrogen) atoms. The lowest BCUT2D eigenvalue weighted by atomic mass is 10.1. The first-order chi connectivity index (χ1) is 17.4. The van der Waals surface area contributed by atoms with Gasteiger partial charge in [0.25, 0.3) is 11.7 Å². The number of aromatic nitrogens is 1. The average Bonchev–Trinajstić information content (AvgIpc) is 3.46. The zero-order chi connectivity index (χ0) is 25.2. The van der Waals surface area contributed by atoms with Crippen LogP contribution in [-0.2, 0) is 20.9 Å². The van der Waals surface area contributed by atoms with Gasteiger partial charge in [-0.3, -0.25) is 29.1 Å². The monoisotopic (exact) mass is 486 g/mol. The second kappa shape index (κ2) is 9.49. The van der Waals surface area contributed by atoms with Crippen LogP contribution in [0.3, 0.4) is 0 Å². The van der Waals surface area contributed by atoms with Gasteiger partial charge in [-0.05, 0) is 42.8 Å². The number of nitrogens with zero attached hydrogens (tertiary/aromatic N) is 3. The third-order valence-electron chi connectivity index (χ3n) is 6.06. The quantitative estimate of drug-likeness (QED) is 0.510. The maximum absolute atomic E-state index is 13.5. The van der Waals surface area contributed by atoms with Gasteiger partial charge in [-0.1, -0.05) is 18.2 Å². The van der Waals surface area contributed by atoms with E-state index in [2.05, 4.69) is 10.3 Å². The summed E-state index contributed by atoms with van der Waals surface area (Å²) < 4.78 is 10.7. The SMILES string of the molecule is C[C@@H](C(=O)Nc1ccc2c(c1)OCO2)N(Cc1cccnc1)C(=O)CN1C(=O)C(=O)c2ccccc21. The number of para-hydroxylation sites is 1. The van der Waals surface area contributed by atoms with E-state index in [0.717, 1.165) is 4.90 Å². The van der Waals surface area contributed by atoms with Crippen molar-refractivity contribution in [3.8, 4) is 11.5 Å². The van der Waals surface area contributed by atoms with Gasteiger partial charge in [0.2, 0.25) is 18.6 Å². The Bertz CT molecular complexity index is 1360. The fraction of sp³-hybridized carbons (Fsp3) is 0.192. The predicted molar refractivity (Wildman–Crippen MR) is 129 cm³/mol. The van der Waals surface area contributed by atoms with E-state index in [1.165, 1.54) is 4.90 Å². The molecule has 1 N–H and O–H groups in total. The number of amides is 3. The zero-order valence-corrected chi connectivity index (χ0v) is 19.3. The lowest BCUT2D eigenvalue weighted by molar-refractivity contribution is -0.138. The minimum atomic E-state index is -0.910. The van der Waals surface area contributed by atoms with E-state index in [9.17, 15) is 19.2 Å². The van der Waals surface area contributed by atoms with Gasteiger partial charge in [-0.25, -0.2) is 0 Å². The first-order valence-electron chi connectivity index (χ1n) is 11.3. The molecule has 2 aliphatic rings. The van der Waals surface area contributed by atoms with Crippen LogP contribution in [0.5, 0.6) is 11.5 Å². The summed E-state index contributed by atoms with van der Waals surface area (Å²) >= 11 is 0. The van der Waals surface area contributed by atoms with Crippen molar-refractivity contribution in [1.82, 2.24) is 9.88 Å². The number of pyridine rings is 1. The summed E-state index contributed by atoms with van der Waals surface area (Å²) in [6, 6.07) is 14.1. The average molecular weight is 486 g/mol. The minimum Gasteiger partial charge on any atom is -0.454 e. The number of nitrogens with one attached hydrogen (secondary N) is 1. The molecule has 0 bridgehead atoms. The molecule has 0 aliphatic carbocycles. The number of carbonyl (C=O) groups excluding carboxylic acids is 4. The third-order valence-corrected chi connectivity index (χ3v) is 6.06. The number of benzene rings is 2. The van der Waals surface area contributed by atoms with Crippen molar-refractivity contribution in [3.05, 3.63) is 78.1 Å². The molecule has 3 aromatic rings. The third kappa shape index (κ3) is 4.36. The van der Waals surface area contributed by atoms with Gasteiger partial charge in [0.1, 0.15) is 12.6 Å². The van der Waals surface area contributed by atoms with Crippen LogP contribution in [0.25, 0.3) is 0 Å². The van der Waals surface area contributed by atoms with Gasteiger partial charge in [-0.2, -0.15) is 0 Å². The van der Waals surface area contributed by atoms with Crippen LogP contribution in [0.2, 0.25) is 0 Å². The van der Waals surface area contributed by atoms with Gasteiger partial charge >= 0.3 is 0 Å². The molecule has 2 aliphatic heterocycles. The van der Waals surface area contributed by atoms with Gasteiger partial charge in [-0.15, -0.1) is 0 Å². The Labute approximate surface area is 206 Å². The molecule has 0 spiro atoms. The highest BCUT2D eigenvalue weighted by Gasteiger charge is 2.38. The molecule has 10 heteroatoms. The van der Waals surface area contributed by atoms with Gasteiger partial charge in [0.15, 0.2) is 11.5 Å². The molecule has 1 atom stereocenters. The number of carbonyl (C=O) groups is 4. The number of anilines is 2. The minimum absolute atomic E-state index is 0.0834. The molecule has 182 valence electrons. The van der Waals surface area contributed by atoms with Crippen LogP contribution in [-0.4, -0.2) is 52.8 Å². The number of Topliss-reactive ketones (excluding diaryl/α,β-unsaturated/α-hetero) is 1. The van der Waals surface area contributed by atoms with E-state index in [-0.39, 0.29) is 25.4 Å². The second-order valence-corrected chi connectivity index (χ2v) is 8.35. The fourth-order valence-corrected chi connectivity index (χ4v) is 4.12. The van der Waals surface area contributed by atoms with Crippen molar-refractivity contribution in [3.63, 3.8) is 0 Å². The summed E-state index contributed by atoms with van der Waals surface area (Å²) in [5.41, 5.74) is 1.82. The van der Waals surface area contributed by atoms with Crippen molar-refractivity contribution in [2.45, 2.75) is 19.5 Å². The molecule has 5 rings (SSSR count). The summed E-state index contributed by atoms with van der Waals surface area (Å²) in [6.07, 6.45) is 3.21. The Morgan fingerprint density at radius 1 is 1.08 bits per heavy atom. The van der Waals surface area contributed by atoms with Crippen molar-refractivity contribution >= 4 is 34.9 Å². The molecule has 2 aromatic carbocycles. The maximum atomic E-state index is 13.5. The summed E-state index contributed by atoms with van der Waals surface area (Å²) in [4.78, 5) is 58.2. The summed E-state index contributed by atoms with van der Waals surface area (Å²) in [6.45, 7) is 1.41. The number of hydrogen-bond acceptors (Lipinski definition) is 7. The number of fused-ring (bicyclic) bond motifs is 2. The maximum Gasteiger partial charge on any atom is 0.299 e. The fourth-order valence-electron chi connectivity index (χ4n) is 4.12. The largest absolute Gasteiger partial charge is 0.454 e. The molecule has 0 fully saturated rings. The Kier molecular flexibility index (Phi) is 6.07. The zero-order valence-electron chi connectivity index (χ0n) is 19.3. The van der Waals surface area contributed by atoms with E-state index in [1.807, 2.05) is 0 Å². The highest BCUT2D eigenvalue weighted by Crippen LogP contribution is 2.34. The van der Waals surface area contributed by atoms with Crippen molar-refractivity contribution in [2.24, 2.45) is 0 Å². The number of ether oxygens (including phenoxy) is 2. The normalized spacial score (nSPS) is 14.4.